The van der Waals surface area contributed by atoms with Gasteiger partial charge in [0.1, 0.15) is 22.8 Å². The second-order valence-corrected chi connectivity index (χ2v) is 7.87. The summed E-state index contributed by atoms with van der Waals surface area (Å²) in [6.07, 6.45) is 0. The summed E-state index contributed by atoms with van der Waals surface area (Å²) in [5.41, 5.74) is 11.6. The fraction of sp³-hybridized carbons (Fsp3) is 0.0370. The molecular formula is C27H21N3O3. The monoisotopic (exact) mass is 435 g/mol. The van der Waals surface area contributed by atoms with Crippen LogP contribution >= 0.6 is 0 Å². The molecule has 4 aromatic carbocycles. The fourth-order valence-corrected chi connectivity index (χ4v) is 3.77. The predicted molar refractivity (Wildman–Crippen MR) is 130 cm³/mol. The lowest BCUT2D eigenvalue weighted by Gasteiger charge is -2.08. The average Bonchev–Trinajstić information content (AvgIpc) is 3.24. The van der Waals surface area contributed by atoms with Crippen molar-refractivity contribution in [3.8, 4) is 34.0 Å². The van der Waals surface area contributed by atoms with Gasteiger partial charge in [-0.2, -0.15) is 0 Å². The lowest BCUT2D eigenvalue weighted by molar-refractivity contribution is 0.0698. The van der Waals surface area contributed by atoms with Crippen molar-refractivity contribution in [1.82, 2.24) is 9.97 Å². The first-order valence-electron chi connectivity index (χ1n) is 10.4. The van der Waals surface area contributed by atoms with Crippen LogP contribution < -0.4 is 10.5 Å². The highest BCUT2D eigenvalue weighted by atomic mass is 16.5. The summed E-state index contributed by atoms with van der Waals surface area (Å²) in [5.74, 6) is 1.12. The number of aromatic nitrogens is 2. The van der Waals surface area contributed by atoms with Crippen LogP contribution in [0.1, 0.15) is 15.9 Å². The Kier molecular flexibility index (Phi) is 5.03. The van der Waals surface area contributed by atoms with Gasteiger partial charge >= 0.3 is 5.97 Å². The molecular weight excluding hydrogens is 414 g/mol. The highest BCUT2D eigenvalue weighted by molar-refractivity contribution is 6.02. The normalized spacial score (nSPS) is 10.9. The summed E-state index contributed by atoms with van der Waals surface area (Å²) in [5, 5.41) is 9.49. The zero-order valence-electron chi connectivity index (χ0n) is 17.9. The van der Waals surface area contributed by atoms with E-state index in [1.807, 2.05) is 73.7 Å². The lowest BCUT2D eigenvalue weighted by atomic mass is 10.0. The zero-order chi connectivity index (χ0) is 22.9. The van der Waals surface area contributed by atoms with Crippen LogP contribution in [-0.4, -0.2) is 21.0 Å². The Morgan fingerprint density at radius 2 is 1.39 bits per heavy atom. The van der Waals surface area contributed by atoms with Gasteiger partial charge in [-0.25, -0.2) is 9.78 Å². The molecule has 0 aliphatic carbocycles. The molecule has 6 nitrogen and oxygen atoms in total. The number of nitrogens with one attached hydrogen (secondary N) is 1. The molecule has 5 aromatic rings. The number of carboxylic acid groups (broad SMARTS) is 1. The number of anilines is 1. The maximum atomic E-state index is 11.6. The number of fused-ring (bicyclic) bond motifs is 1. The van der Waals surface area contributed by atoms with Gasteiger partial charge in [-0.3, -0.25) is 0 Å². The van der Waals surface area contributed by atoms with Gasteiger partial charge in [0.15, 0.2) is 0 Å². The molecule has 0 atom stereocenters. The molecule has 1 heterocycles. The van der Waals surface area contributed by atoms with Gasteiger partial charge in [0.2, 0.25) is 0 Å². The third-order valence-electron chi connectivity index (χ3n) is 5.42. The van der Waals surface area contributed by atoms with Gasteiger partial charge in [0.25, 0.3) is 0 Å². The number of benzene rings is 4. The number of nitrogen functional groups attached to an aromatic ring is 1. The van der Waals surface area contributed by atoms with Crippen molar-refractivity contribution in [2.75, 3.05) is 5.73 Å². The van der Waals surface area contributed by atoms with Crippen LogP contribution in [-0.2, 0) is 0 Å². The van der Waals surface area contributed by atoms with Gasteiger partial charge < -0.3 is 20.6 Å². The number of ether oxygens (including phenoxy) is 1. The second kappa shape index (κ2) is 8.16. The largest absolute Gasteiger partial charge is 0.478 e. The minimum Gasteiger partial charge on any atom is -0.478 e. The van der Waals surface area contributed by atoms with E-state index in [1.54, 1.807) is 18.2 Å². The molecule has 0 saturated heterocycles. The molecule has 0 bridgehead atoms. The van der Waals surface area contributed by atoms with Crippen molar-refractivity contribution in [3.63, 3.8) is 0 Å². The first kappa shape index (κ1) is 20.3. The van der Waals surface area contributed by atoms with Crippen molar-refractivity contribution >= 4 is 22.7 Å². The van der Waals surface area contributed by atoms with Crippen LogP contribution in [0, 0.1) is 6.92 Å². The maximum Gasteiger partial charge on any atom is 0.337 e. The SMILES string of the molecule is Cc1cc(C(=O)O)c2nc(-c3ccc(-c4ccc(Oc5ccc(N)cc5)cc4)cc3)[nH]c2c1. The number of carbonyl (C=O) groups is 1. The van der Waals surface area contributed by atoms with E-state index < -0.39 is 5.97 Å². The molecule has 5 rings (SSSR count). The van der Waals surface area contributed by atoms with E-state index >= 15 is 0 Å². The summed E-state index contributed by atoms with van der Waals surface area (Å²) < 4.78 is 5.86. The minimum atomic E-state index is -0.985. The molecule has 0 aliphatic heterocycles. The predicted octanol–water partition coefficient (Wildman–Crippen LogP) is 6.28. The van der Waals surface area contributed by atoms with Crippen molar-refractivity contribution in [3.05, 3.63) is 96.1 Å². The van der Waals surface area contributed by atoms with E-state index in [0.29, 0.717) is 22.5 Å². The lowest BCUT2D eigenvalue weighted by Crippen LogP contribution is -1.98. The number of aromatic amines is 1. The van der Waals surface area contributed by atoms with Gasteiger partial charge in [-0.1, -0.05) is 36.4 Å². The van der Waals surface area contributed by atoms with Gasteiger partial charge in [0, 0.05) is 11.3 Å². The summed E-state index contributed by atoms with van der Waals surface area (Å²) in [4.78, 5) is 19.4. The Morgan fingerprint density at radius 1 is 0.848 bits per heavy atom. The second-order valence-electron chi connectivity index (χ2n) is 7.87. The number of H-pyrrole nitrogens is 1. The molecule has 1 aromatic heterocycles. The summed E-state index contributed by atoms with van der Waals surface area (Å²) in [7, 11) is 0. The Bertz CT molecular complexity index is 1450. The molecule has 0 amide bonds. The number of rotatable bonds is 5. The molecule has 0 spiro atoms. The Hall–Kier alpha value is -4.58. The number of carboxylic acids is 1. The number of nitrogens with two attached hydrogens (primary N) is 1. The van der Waals surface area contributed by atoms with Crippen LogP contribution in [0.25, 0.3) is 33.5 Å². The number of imidazole rings is 1. The Labute approximate surface area is 190 Å². The Balaban J connectivity index is 1.38. The highest BCUT2D eigenvalue weighted by Crippen LogP contribution is 2.29. The molecule has 4 N–H and O–H groups in total. The number of aryl methyl sites for hydroxylation is 1. The number of nitrogens with zero attached hydrogens (tertiary/aromatic N) is 1. The van der Waals surface area contributed by atoms with E-state index in [0.717, 1.165) is 33.8 Å². The maximum absolute atomic E-state index is 11.6. The van der Waals surface area contributed by atoms with Crippen LogP contribution in [0.15, 0.2) is 84.9 Å². The smallest absolute Gasteiger partial charge is 0.337 e. The van der Waals surface area contributed by atoms with Crippen molar-refractivity contribution in [1.29, 1.82) is 0 Å². The van der Waals surface area contributed by atoms with E-state index in [9.17, 15) is 9.90 Å². The molecule has 162 valence electrons. The van der Waals surface area contributed by atoms with Gasteiger partial charge in [0.05, 0.1) is 11.1 Å². The van der Waals surface area contributed by atoms with Crippen molar-refractivity contribution in [2.45, 2.75) is 6.92 Å². The van der Waals surface area contributed by atoms with Gasteiger partial charge in [-0.15, -0.1) is 0 Å². The minimum absolute atomic E-state index is 0.199. The number of aromatic carboxylic acids is 1. The van der Waals surface area contributed by atoms with E-state index in [1.165, 1.54) is 0 Å². The third-order valence-corrected chi connectivity index (χ3v) is 5.42. The molecule has 33 heavy (non-hydrogen) atoms. The topological polar surface area (TPSA) is 101 Å². The highest BCUT2D eigenvalue weighted by Gasteiger charge is 2.14. The number of hydrogen-bond acceptors (Lipinski definition) is 4. The first-order valence-corrected chi connectivity index (χ1v) is 10.4. The fourth-order valence-electron chi connectivity index (χ4n) is 3.77. The standard InChI is InChI=1S/C27H21N3O3/c1-16-14-23(27(31)32)25-24(15-16)29-26(30-25)19-4-2-17(3-5-19)18-6-10-21(11-7-18)33-22-12-8-20(28)9-13-22/h2-15H,28H2,1H3,(H,29,30)(H,31,32). The van der Waals surface area contributed by atoms with Crippen molar-refractivity contribution in [2.24, 2.45) is 0 Å². The van der Waals surface area contributed by atoms with Crippen molar-refractivity contribution < 1.29 is 14.6 Å². The quantitative estimate of drug-likeness (QED) is 0.282. The van der Waals surface area contributed by atoms with Crippen LogP contribution in [0.5, 0.6) is 11.5 Å². The van der Waals surface area contributed by atoms with Crippen LogP contribution in [0.4, 0.5) is 5.69 Å². The van der Waals surface area contributed by atoms with E-state index in [2.05, 4.69) is 9.97 Å². The Morgan fingerprint density at radius 3 is 2.00 bits per heavy atom. The summed E-state index contributed by atoms with van der Waals surface area (Å²) in [6.45, 7) is 1.87. The van der Waals surface area contributed by atoms with E-state index in [4.69, 9.17) is 10.5 Å². The molecule has 6 heteroatoms. The molecule has 0 radical (unpaired) electrons. The summed E-state index contributed by atoms with van der Waals surface area (Å²) in [6, 6.07) is 26.6. The third kappa shape index (κ3) is 4.14. The number of hydrogen-bond donors (Lipinski definition) is 3. The molecule has 0 saturated carbocycles. The molecule has 0 unspecified atom stereocenters. The van der Waals surface area contributed by atoms with Gasteiger partial charge in [-0.05, 0) is 72.1 Å². The van der Waals surface area contributed by atoms with Crippen LogP contribution in [0.3, 0.4) is 0 Å². The first-order chi connectivity index (χ1) is 16.0. The molecule has 0 aliphatic rings. The zero-order valence-corrected chi connectivity index (χ0v) is 17.9. The molecule has 0 fully saturated rings. The van der Waals surface area contributed by atoms with E-state index in [-0.39, 0.29) is 5.56 Å². The summed E-state index contributed by atoms with van der Waals surface area (Å²) >= 11 is 0. The average molecular weight is 435 g/mol. The van der Waals surface area contributed by atoms with Crippen LogP contribution in [0.2, 0.25) is 0 Å².